The molecule has 0 heterocycles. The zero-order valence-corrected chi connectivity index (χ0v) is 15.1. The van der Waals surface area contributed by atoms with Crippen molar-refractivity contribution in [2.24, 2.45) is 11.8 Å². The fourth-order valence-electron chi connectivity index (χ4n) is 2.53. The largest absolute Gasteiger partial charge is 0.481 e. The van der Waals surface area contributed by atoms with Gasteiger partial charge >= 0.3 is 5.97 Å². The van der Waals surface area contributed by atoms with Gasteiger partial charge in [-0.25, -0.2) is 0 Å². The minimum Gasteiger partial charge on any atom is -0.481 e. The minimum absolute atomic E-state index is 0.321. The van der Waals surface area contributed by atoms with Crippen molar-refractivity contribution >= 4 is 17.7 Å². The summed E-state index contributed by atoms with van der Waals surface area (Å²) < 4.78 is 0. The second-order valence-electron chi connectivity index (χ2n) is 6.35. The van der Waals surface area contributed by atoms with Crippen LogP contribution in [-0.4, -0.2) is 17.6 Å². The van der Waals surface area contributed by atoms with Crippen LogP contribution in [0.3, 0.4) is 0 Å². The molecule has 0 radical (unpaired) electrons. The summed E-state index contributed by atoms with van der Waals surface area (Å²) in [6.45, 7) is 5.31. The predicted octanol–water partition coefficient (Wildman–Crippen LogP) is 4.67. The smallest absolute Gasteiger partial charge is 0.307 e. The topological polar surface area (TPSA) is 49.3 Å². The molecule has 0 amide bonds. The first kappa shape index (κ1) is 18.6. The molecule has 0 fully saturated rings. The van der Waals surface area contributed by atoms with Crippen molar-refractivity contribution in [2.75, 3.05) is 6.54 Å². The van der Waals surface area contributed by atoms with E-state index < -0.39 is 5.97 Å². The Morgan fingerprint density at radius 2 is 1.67 bits per heavy atom. The van der Waals surface area contributed by atoms with Crippen molar-refractivity contribution in [3.63, 3.8) is 0 Å². The average Bonchev–Trinajstić information content (AvgIpc) is 2.56. The molecule has 3 nitrogen and oxygen atoms in total. The van der Waals surface area contributed by atoms with Gasteiger partial charge in [0.15, 0.2) is 0 Å². The third-order valence-electron chi connectivity index (χ3n) is 3.73. The zero-order valence-electron chi connectivity index (χ0n) is 14.2. The fourth-order valence-corrected chi connectivity index (χ4v) is 3.37. The Morgan fingerprint density at radius 1 is 1.04 bits per heavy atom. The quantitative estimate of drug-likeness (QED) is 0.694. The molecule has 0 aliphatic carbocycles. The van der Waals surface area contributed by atoms with Crippen molar-refractivity contribution in [2.45, 2.75) is 36.6 Å². The number of hydrogen-bond donors (Lipinski definition) is 2. The summed E-state index contributed by atoms with van der Waals surface area (Å²) in [7, 11) is 0. The van der Waals surface area contributed by atoms with E-state index in [2.05, 4.69) is 55.6 Å². The highest BCUT2D eigenvalue weighted by atomic mass is 32.2. The van der Waals surface area contributed by atoms with Crippen LogP contribution in [-0.2, 0) is 11.3 Å². The molecule has 128 valence electrons. The lowest BCUT2D eigenvalue weighted by atomic mass is 9.97. The van der Waals surface area contributed by atoms with E-state index in [1.165, 1.54) is 15.4 Å². The van der Waals surface area contributed by atoms with Gasteiger partial charge in [0, 0.05) is 22.9 Å². The maximum Gasteiger partial charge on any atom is 0.307 e. The highest BCUT2D eigenvalue weighted by Gasteiger charge is 2.18. The van der Waals surface area contributed by atoms with E-state index in [9.17, 15) is 9.90 Å². The van der Waals surface area contributed by atoms with Gasteiger partial charge in [-0.2, -0.15) is 0 Å². The van der Waals surface area contributed by atoms with Gasteiger partial charge in [-0.3, -0.25) is 4.79 Å². The third-order valence-corrected chi connectivity index (χ3v) is 4.74. The number of carbonyl (C=O) groups is 1. The number of nitrogens with one attached hydrogen (secondary N) is 1. The molecule has 2 aromatic rings. The standard InChI is InChI=1S/C20H25NO2S/c1-15(2)12-17(20(22)23)14-21-13-16-8-10-19(11-9-16)24-18-6-4-3-5-7-18/h3-11,15,17,21H,12-14H2,1-2H3,(H,22,23). The second-order valence-corrected chi connectivity index (χ2v) is 7.50. The highest BCUT2D eigenvalue weighted by molar-refractivity contribution is 7.99. The monoisotopic (exact) mass is 343 g/mol. The van der Waals surface area contributed by atoms with E-state index >= 15 is 0 Å². The Kier molecular flexibility index (Phi) is 7.35. The molecule has 0 aromatic heterocycles. The third kappa shape index (κ3) is 6.38. The first-order chi connectivity index (χ1) is 11.5. The Labute approximate surface area is 148 Å². The van der Waals surface area contributed by atoms with E-state index in [0.29, 0.717) is 25.4 Å². The van der Waals surface area contributed by atoms with Gasteiger partial charge in [0.05, 0.1) is 5.92 Å². The lowest BCUT2D eigenvalue weighted by Crippen LogP contribution is -2.29. The van der Waals surface area contributed by atoms with Crippen LogP contribution in [0, 0.1) is 11.8 Å². The molecule has 1 unspecified atom stereocenters. The molecule has 0 spiro atoms. The van der Waals surface area contributed by atoms with Crippen molar-refractivity contribution < 1.29 is 9.90 Å². The molecule has 0 saturated heterocycles. The van der Waals surface area contributed by atoms with E-state index in [1.54, 1.807) is 11.8 Å². The SMILES string of the molecule is CC(C)CC(CNCc1ccc(Sc2ccccc2)cc1)C(=O)O. The van der Waals surface area contributed by atoms with Crippen LogP contribution in [0.1, 0.15) is 25.8 Å². The van der Waals surface area contributed by atoms with Gasteiger partial charge in [-0.15, -0.1) is 0 Å². The van der Waals surface area contributed by atoms with Crippen LogP contribution >= 0.6 is 11.8 Å². The molecule has 2 rings (SSSR count). The van der Waals surface area contributed by atoms with Crippen LogP contribution in [0.25, 0.3) is 0 Å². The predicted molar refractivity (Wildman–Crippen MR) is 99.3 cm³/mol. The molecule has 0 aliphatic rings. The normalized spacial score (nSPS) is 12.3. The van der Waals surface area contributed by atoms with E-state index in [0.717, 1.165) is 0 Å². The molecule has 0 aliphatic heterocycles. The summed E-state index contributed by atoms with van der Waals surface area (Å²) >= 11 is 1.74. The number of rotatable bonds is 9. The van der Waals surface area contributed by atoms with Crippen LogP contribution in [0.2, 0.25) is 0 Å². The van der Waals surface area contributed by atoms with Crippen molar-refractivity contribution in [1.82, 2.24) is 5.32 Å². The molecule has 1 atom stereocenters. The van der Waals surface area contributed by atoms with E-state index in [-0.39, 0.29) is 5.92 Å². The molecule has 24 heavy (non-hydrogen) atoms. The summed E-state index contributed by atoms with van der Waals surface area (Å²) in [5.41, 5.74) is 1.17. The van der Waals surface area contributed by atoms with Gasteiger partial charge in [-0.1, -0.05) is 55.9 Å². The van der Waals surface area contributed by atoms with Crippen molar-refractivity contribution in [3.05, 3.63) is 60.2 Å². The van der Waals surface area contributed by atoms with Crippen molar-refractivity contribution in [1.29, 1.82) is 0 Å². The Morgan fingerprint density at radius 3 is 2.25 bits per heavy atom. The lowest BCUT2D eigenvalue weighted by Gasteiger charge is -2.15. The van der Waals surface area contributed by atoms with E-state index in [4.69, 9.17) is 0 Å². The van der Waals surface area contributed by atoms with Gasteiger partial charge in [0.1, 0.15) is 0 Å². The summed E-state index contributed by atoms with van der Waals surface area (Å²) in [5, 5.41) is 12.5. The number of hydrogen-bond acceptors (Lipinski definition) is 3. The molecular weight excluding hydrogens is 318 g/mol. The molecule has 0 bridgehead atoms. The Bertz CT molecular complexity index is 626. The molecular formula is C20H25NO2S. The summed E-state index contributed by atoms with van der Waals surface area (Å²) in [6.07, 6.45) is 0.703. The average molecular weight is 343 g/mol. The second kappa shape index (κ2) is 9.50. The van der Waals surface area contributed by atoms with Gasteiger partial charge in [-0.05, 0) is 42.2 Å². The van der Waals surface area contributed by atoms with Gasteiger partial charge < -0.3 is 10.4 Å². The number of benzene rings is 2. The van der Waals surface area contributed by atoms with Gasteiger partial charge in [0.25, 0.3) is 0 Å². The van der Waals surface area contributed by atoms with Crippen molar-refractivity contribution in [3.8, 4) is 0 Å². The molecule has 4 heteroatoms. The molecule has 0 saturated carbocycles. The summed E-state index contributed by atoms with van der Waals surface area (Å²) in [5.74, 6) is -0.647. The maximum absolute atomic E-state index is 11.3. The first-order valence-electron chi connectivity index (χ1n) is 8.30. The van der Waals surface area contributed by atoms with Gasteiger partial charge in [0.2, 0.25) is 0 Å². The summed E-state index contributed by atoms with van der Waals surface area (Å²) in [4.78, 5) is 13.7. The zero-order chi connectivity index (χ0) is 17.4. The lowest BCUT2D eigenvalue weighted by molar-refractivity contribution is -0.142. The number of carboxylic acids is 1. The van der Waals surface area contributed by atoms with Crippen LogP contribution in [0.15, 0.2) is 64.4 Å². The number of carboxylic acid groups (broad SMARTS) is 1. The fraction of sp³-hybridized carbons (Fsp3) is 0.350. The Balaban J connectivity index is 1.82. The van der Waals surface area contributed by atoms with Crippen LogP contribution in [0.4, 0.5) is 0 Å². The highest BCUT2D eigenvalue weighted by Crippen LogP contribution is 2.27. The number of aliphatic carboxylic acids is 1. The van der Waals surface area contributed by atoms with Crippen LogP contribution < -0.4 is 5.32 Å². The summed E-state index contributed by atoms with van der Waals surface area (Å²) in [6, 6.07) is 18.7. The molecule has 2 aromatic carbocycles. The van der Waals surface area contributed by atoms with Crippen LogP contribution in [0.5, 0.6) is 0 Å². The van der Waals surface area contributed by atoms with E-state index in [1.807, 2.05) is 18.2 Å². The molecule has 2 N–H and O–H groups in total. The maximum atomic E-state index is 11.3. The Hall–Kier alpha value is -1.78. The minimum atomic E-state index is -0.717. The first-order valence-corrected chi connectivity index (χ1v) is 9.11.